The van der Waals surface area contributed by atoms with Crippen LogP contribution in [0.2, 0.25) is 0 Å². The van der Waals surface area contributed by atoms with Crippen LogP contribution in [0.4, 0.5) is 0 Å². The van der Waals surface area contributed by atoms with Gasteiger partial charge in [0.2, 0.25) is 0 Å². The first-order valence-electron chi connectivity index (χ1n) is 7.77. The standard InChI is InChI=1S/C15H25N5/c1-2-16-17-11-7-5-3-4-6-8-12-20-13-15(18-19-20)14-9-10-14/h2,13-14H,1,3-12H2. The number of aromatic nitrogens is 3. The molecule has 0 saturated heterocycles. The number of unbranched alkanes of at least 4 members (excludes halogenated alkanes) is 5. The molecule has 0 aliphatic heterocycles. The van der Waals surface area contributed by atoms with Crippen LogP contribution in [0.3, 0.4) is 0 Å². The van der Waals surface area contributed by atoms with Crippen molar-refractivity contribution >= 4 is 0 Å². The first-order chi connectivity index (χ1) is 9.90. The van der Waals surface area contributed by atoms with Crippen molar-refractivity contribution in [1.82, 2.24) is 15.0 Å². The second kappa shape index (κ2) is 8.61. The van der Waals surface area contributed by atoms with Gasteiger partial charge >= 0.3 is 0 Å². The molecule has 2 rings (SSSR count). The molecule has 1 aromatic rings. The van der Waals surface area contributed by atoms with E-state index in [-0.39, 0.29) is 0 Å². The van der Waals surface area contributed by atoms with E-state index in [1.54, 1.807) is 0 Å². The van der Waals surface area contributed by atoms with Crippen LogP contribution in [0.5, 0.6) is 0 Å². The molecule has 1 saturated carbocycles. The zero-order valence-electron chi connectivity index (χ0n) is 12.2. The molecule has 0 unspecified atom stereocenters. The third-order valence-electron chi connectivity index (χ3n) is 3.61. The average Bonchev–Trinajstić information content (AvgIpc) is 3.21. The lowest BCUT2D eigenvalue weighted by Crippen LogP contribution is -1.98. The van der Waals surface area contributed by atoms with Gasteiger partial charge in [-0.2, -0.15) is 10.2 Å². The molecule has 1 fully saturated rings. The Bertz CT molecular complexity index is 420. The Labute approximate surface area is 121 Å². The molecular formula is C15H25N5. The van der Waals surface area contributed by atoms with E-state index in [9.17, 15) is 0 Å². The summed E-state index contributed by atoms with van der Waals surface area (Å²) in [5.41, 5.74) is 1.19. The van der Waals surface area contributed by atoms with Gasteiger partial charge in [-0.3, -0.25) is 4.68 Å². The minimum atomic E-state index is 0.710. The van der Waals surface area contributed by atoms with E-state index in [1.807, 2.05) is 4.68 Å². The van der Waals surface area contributed by atoms with Gasteiger partial charge in [-0.25, -0.2) is 0 Å². The third kappa shape index (κ3) is 5.63. The molecule has 1 aromatic heterocycles. The highest BCUT2D eigenvalue weighted by Gasteiger charge is 2.26. The van der Waals surface area contributed by atoms with Crippen LogP contribution >= 0.6 is 0 Å². The monoisotopic (exact) mass is 275 g/mol. The Kier molecular flexibility index (Phi) is 6.41. The number of azo groups is 1. The molecule has 0 radical (unpaired) electrons. The van der Waals surface area contributed by atoms with Crippen LogP contribution in [-0.2, 0) is 6.54 Å². The van der Waals surface area contributed by atoms with Crippen LogP contribution in [-0.4, -0.2) is 21.5 Å². The SMILES string of the molecule is C=CN=NCCCCCCCCn1cc(C2CC2)nn1. The summed E-state index contributed by atoms with van der Waals surface area (Å²) in [6, 6.07) is 0. The predicted octanol–water partition coefficient (Wildman–Crippen LogP) is 4.09. The van der Waals surface area contributed by atoms with Gasteiger partial charge in [0.1, 0.15) is 0 Å². The van der Waals surface area contributed by atoms with Gasteiger partial charge in [0, 0.05) is 24.9 Å². The maximum absolute atomic E-state index is 4.23. The van der Waals surface area contributed by atoms with E-state index in [1.165, 1.54) is 56.8 Å². The average molecular weight is 275 g/mol. The second-order valence-corrected chi connectivity index (χ2v) is 5.47. The molecule has 1 aliphatic carbocycles. The summed E-state index contributed by atoms with van der Waals surface area (Å²) in [7, 11) is 0. The maximum Gasteiger partial charge on any atom is 0.0857 e. The van der Waals surface area contributed by atoms with E-state index >= 15 is 0 Å². The quantitative estimate of drug-likeness (QED) is 0.451. The highest BCUT2D eigenvalue weighted by atomic mass is 15.4. The van der Waals surface area contributed by atoms with Crippen molar-refractivity contribution in [3.63, 3.8) is 0 Å². The molecule has 110 valence electrons. The molecule has 1 heterocycles. The zero-order chi connectivity index (χ0) is 14.0. The zero-order valence-corrected chi connectivity index (χ0v) is 12.2. The van der Waals surface area contributed by atoms with Gasteiger partial charge in [0.25, 0.3) is 0 Å². The number of hydrogen-bond acceptors (Lipinski definition) is 4. The lowest BCUT2D eigenvalue weighted by Gasteiger charge is -2.01. The molecule has 5 heteroatoms. The van der Waals surface area contributed by atoms with E-state index in [0.29, 0.717) is 5.92 Å². The third-order valence-corrected chi connectivity index (χ3v) is 3.61. The number of hydrogen-bond donors (Lipinski definition) is 0. The maximum atomic E-state index is 4.23. The summed E-state index contributed by atoms with van der Waals surface area (Å²) in [6.45, 7) is 5.33. The summed E-state index contributed by atoms with van der Waals surface area (Å²) in [5, 5.41) is 16.1. The lowest BCUT2D eigenvalue weighted by atomic mass is 10.1. The minimum absolute atomic E-state index is 0.710. The summed E-state index contributed by atoms with van der Waals surface area (Å²) >= 11 is 0. The van der Waals surface area contributed by atoms with Crippen molar-refractivity contribution in [1.29, 1.82) is 0 Å². The molecule has 0 N–H and O–H groups in total. The van der Waals surface area contributed by atoms with E-state index in [2.05, 4.69) is 33.3 Å². The number of rotatable bonds is 11. The molecule has 0 atom stereocenters. The molecule has 5 nitrogen and oxygen atoms in total. The molecule has 1 aliphatic rings. The topological polar surface area (TPSA) is 55.4 Å². The second-order valence-electron chi connectivity index (χ2n) is 5.47. The molecule has 0 amide bonds. The molecule has 0 aromatic carbocycles. The number of aryl methyl sites for hydroxylation is 1. The Morgan fingerprint density at radius 1 is 1.20 bits per heavy atom. The first-order valence-corrected chi connectivity index (χ1v) is 7.77. The molecular weight excluding hydrogens is 250 g/mol. The van der Waals surface area contributed by atoms with Crippen molar-refractivity contribution in [3.8, 4) is 0 Å². The van der Waals surface area contributed by atoms with Crippen LogP contribution < -0.4 is 0 Å². The van der Waals surface area contributed by atoms with Gasteiger partial charge < -0.3 is 0 Å². The summed E-state index contributed by atoms with van der Waals surface area (Å²) in [5.74, 6) is 0.710. The van der Waals surface area contributed by atoms with Gasteiger partial charge in [0.15, 0.2) is 0 Å². The van der Waals surface area contributed by atoms with Crippen LogP contribution in [0.1, 0.15) is 63.0 Å². The summed E-state index contributed by atoms with van der Waals surface area (Å²) < 4.78 is 2.00. The fourth-order valence-electron chi connectivity index (χ4n) is 2.27. The smallest absolute Gasteiger partial charge is 0.0857 e. The fraction of sp³-hybridized carbons (Fsp3) is 0.733. The van der Waals surface area contributed by atoms with Crippen molar-refractivity contribution in [2.45, 2.75) is 63.8 Å². The first kappa shape index (κ1) is 14.9. The lowest BCUT2D eigenvalue weighted by molar-refractivity contribution is 0.514. The van der Waals surface area contributed by atoms with Crippen LogP contribution in [0.25, 0.3) is 0 Å². The van der Waals surface area contributed by atoms with Crippen LogP contribution in [0, 0.1) is 0 Å². The van der Waals surface area contributed by atoms with Gasteiger partial charge in [-0.1, -0.05) is 37.5 Å². The molecule has 20 heavy (non-hydrogen) atoms. The Morgan fingerprint density at radius 2 is 1.95 bits per heavy atom. The van der Waals surface area contributed by atoms with Crippen molar-refractivity contribution in [3.05, 3.63) is 24.7 Å². The molecule has 0 spiro atoms. The van der Waals surface area contributed by atoms with Gasteiger partial charge in [-0.05, 0) is 25.7 Å². The molecule has 0 bridgehead atoms. The minimum Gasteiger partial charge on any atom is -0.252 e. The fourth-order valence-corrected chi connectivity index (χ4v) is 2.27. The van der Waals surface area contributed by atoms with Crippen molar-refractivity contribution < 1.29 is 0 Å². The van der Waals surface area contributed by atoms with E-state index in [4.69, 9.17) is 0 Å². The predicted molar refractivity (Wildman–Crippen MR) is 79.6 cm³/mol. The summed E-state index contributed by atoms with van der Waals surface area (Å²) in [4.78, 5) is 0. The largest absolute Gasteiger partial charge is 0.252 e. The van der Waals surface area contributed by atoms with E-state index < -0.39 is 0 Å². The van der Waals surface area contributed by atoms with Gasteiger partial charge in [0.05, 0.1) is 12.2 Å². The van der Waals surface area contributed by atoms with Crippen molar-refractivity contribution in [2.75, 3.05) is 6.54 Å². The van der Waals surface area contributed by atoms with Crippen LogP contribution in [0.15, 0.2) is 29.2 Å². The highest BCUT2D eigenvalue weighted by molar-refractivity contribution is 5.08. The Morgan fingerprint density at radius 3 is 2.70 bits per heavy atom. The van der Waals surface area contributed by atoms with Gasteiger partial charge in [-0.15, -0.1) is 5.10 Å². The van der Waals surface area contributed by atoms with Crippen molar-refractivity contribution in [2.24, 2.45) is 10.2 Å². The number of nitrogens with zero attached hydrogens (tertiary/aromatic N) is 5. The highest BCUT2D eigenvalue weighted by Crippen LogP contribution is 2.38. The Hall–Kier alpha value is -1.52. The van der Waals surface area contributed by atoms with E-state index in [0.717, 1.165) is 19.5 Å². The Balaban J connectivity index is 1.43. The summed E-state index contributed by atoms with van der Waals surface area (Å²) in [6.07, 6.45) is 13.6. The normalized spacial score (nSPS) is 15.0.